The molecule has 4 fully saturated rings. The number of hydrogen-bond acceptors (Lipinski definition) is 10. The predicted molar refractivity (Wildman–Crippen MR) is 189 cm³/mol. The molecule has 4 aliphatic heterocycles. The monoisotopic (exact) mass is 737 g/mol. The number of methoxy groups -OCH3 is 1. The van der Waals surface area contributed by atoms with E-state index >= 15 is 8.78 Å². The Morgan fingerprint density at radius 1 is 1.13 bits per heavy atom. The molecule has 4 saturated heterocycles. The fourth-order valence-corrected chi connectivity index (χ4v) is 9.35. The van der Waals surface area contributed by atoms with Gasteiger partial charge in [-0.25, -0.2) is 18.0 Å². The van der Waals surface area contributed by atoms with Crippen LogP contribution in [0.1, 0.15) is 50.7 Å². The van der Waals surface area contributed by atoms with Crippen molar-refractivity contribution in [2.24, 2.45) is 0 Å². The summed E-state index contributed by atoms with van der Waals surface area (Å²) in [5, 5.41) is 31.6. The quantitative estimate of drug-likeness (QED) is 0.180. The molecular weight excluding hydrogens is 695 g/mol. The van der Waals surface area contributed by atoms with Crippen molar-refractivity contribution in [2.75, 3.05) is 58.2 Å². The highest BCUT2D eigenvalue weighted by Gasteiger charge is 2.52. The lowest BCUT2D eigenvalue weighted by Gasteiger charge is -2.46. The van der Waals surface area contributed by atoms with E-state index in [1.807, 2.05) is 11.8 Å². The number of aliphatic hydroxyl groups is 2. The fraction of sp³-hybridized carbons (Fsp3) is 0.500. The van der Waals surface area contributed by atoms with Crippen molar-refractivity contribution in [1.29, 1.82) is 0 Å². The molecule has 1 aromatic heterocycles. The van der Waals surface area contributed by atoms with Crippen LogP contribution in [-0.2, 0) is 4.74 Å². The van der Waals surface area contributed by atoms with Crippen LogP contribution in [-0.4, -0.2) is 118 Å². The Hall–Kier alpha value is -4.44. The molecule has 15 heteroatoms. The number of amides is 1. The lowest BCUT2D eigenvalue weighted by Crippen LogP contribution is -2.62. The summed E-state index contributed by atoms with van der Waals surface area (Å²) in [6.07, 6.45) is -0.222. The molecule has 0 saturated carbocycles. The number of halogens is 3. The first kappa shape index (κ1) is 35.6. The minimum atomic E-state index is -1.35. The van der Waals surface area contributed by atoms with Crippen LogP contribution in [0.3, 0.4) is 0 Å². The zero-order valence-corrected chi connectivity index (χ0v) is 29.5. The summed E-state index contributed by atoms with van der Waals surface area (Å²) in [4.78, 5) is 26.9. The zero-order chi connectivity index (χ0) is 37.2. The van der Waals surface area contributed by atoms with Crippen LogP contribution in [0, 0.1) is 11.6 Å². The normalized spacial score (nSPS) is 26.1. The second kappa shape index (κ2) is 13.4. The van der Waals surface area contributed by atoms with Gasteiger partial charge in [-0.1, -0.05) is 18.2 Å². The van der Waals surface area contributed by atoms with Crippen LogP contribution < -0.4 is 14.4 Å². The van der Waals surface area contributed by atoms with Crippen molar-refractivity contribution < 1.29 is 47.5 Å². The van der Waals surface area contributed by atoms with E-state index in [0.29, 0.717) is 36.6 Å². The van der Waals surface area contributed by atoms with Crippen molar-refractivity contribution in [2.45, 2.75) is 68.4 Å². The first-order valence-electron chi connectivity index (χ1n) is 17.9. The van der Waals surface area contributed by atoms with Crippen LogP contribution in [0.25, 0.3) is 32.8 Å². The van der Waals surface area contributed by atoms with Crippen LogP contribution in [0.2, 0.25) is 0 Å². The van der Waals surface area contributed by atoms with Crippen molar-refractivity contribution in [3.8, 4) is 22.9 Å². The summed E-state index contributed by atoms with van der Waals surface area (Å²) in [5.74, 6) is -1.51. The van der Waals surface area contributed by atoms with Gasteiger partial charge in [0.1, 0.15) is 41.8 Å². The maximum absolute atomic E-state index is 17.4. The van der Waals surface area contributed by atoms with E-state index in [4.69, 9.17) is 19.2 Å². The molecule has 3 aromatic carbocycles. The van der Waals surface area contributed by atoms with Crippen molar-refractivity contribution in [3.05, 3.63) is 53.6 Å². The maximum atomic E-state index is 17.4. The molecule has 282 valence electrons. The van der Waals surface area contributed by atoms with Gasteiger partial charge in [-0.3, -0.25) is 9.80 Å². The lowest BCUT2D eigenvalue weighted by atomic mass is 9.91. The first-order valence-corrected chi connectivity index (χ1v) is 17.9. The molecule has 5 atom stereocenters. The maximum Gasteiger partial charge on any atom is 0.408 e. The highest BCUT2D eigenvalue weighted by atomic mass is 19.1. The molecule has 0 radical (unpaired) electrons. The Balaban J connectivity index is 1.31. The van der Waals surface area contributed by atoms with Gasteiger partial charge in [-0.15, -0.1) is 0 Å². The first-order chi connectivity index (χ1) is 25.4. The van der Waals surface area contributed by atoms with E-state index in [1.54, 1.807) is 24.3 Å². The average Bonchev–Trinajstić information content (AvgIpc) is 3.73. The Morgan fingerprint density at radius 3 is 2.72 bits per heavy atom. The molecule has 12 nitrogen and oxygen atoms in total. The van der Waals surface area contributed by atoms with Gasteiger partial charge in [-0.2, -0.15) is 9.97 Å². The Bertz CT molecular complexity index is 2090. The minimum Gasteiger partial charge on any atom is -0.468 e. The van der Waals surface area contributed by atoms with Crippen LogP contribution in [0.5, 0.6) is 11.8 Å². The number of aromatic nitrogens is 2. The van der Waals surface area contributed by atoms with Gasteiger partial charge >= 0.3 is 12.1 Å². The number of hydrogen-bond donors (Lipinski definition) is 3. The Kier molecular flexibility index (Phi) is 9.03. The highest BCUT2D eigenvalue weighted by molar-refractivity contribution is 6.03. The number of anilines is 1. The number of nitrogens with zero attached hydrogens (tertiary/aromatic N) is 5. The van der Waals surface area contributed by atoms with Gasteiger partial charge in [0.15, 0.2) is 12.6 Å². The number of aliphatic hydroxyl groups excluding tert-OH is 2. The van der Waals surface area contributed by atoms with E-state index in [9.17, 15) is 24.5 Å². The molecule has 2 bridgehead atoms. The number of carbonyl (C=O) groups is 1. The molecule has 4 aliphatic rings. The second-order valence-corrected chi connectivity index (χ2v) is 15.0. The molecule has 5 heterocycles. The minimum absolute atomic E-state index is 0.0530. The van der Waals surface area contributed by atoms with Gasteiger partial charge < -0.3 is 34.4 Å². The number of fused-ring (bicyclic) bond motifs is 5. The zero-order valence-electron chi connectivity index (χ0n) is 29.5. The summed E-state index contributed by atoms with van der Waals surface area (Å²) < 4.78 is 65.8. The molecule has 1 unspecified atom stereocenters. The molecule has 0 aliphatic carbocycles. The highest BCUT2D eigenvalue weighted by Crippen LogP contribution is 2.46. The van der Waals surface area contributed by atoms with E-state index in [2.05, 4.69) is 9.88 Å². The standard InChI is InChI=1S/C38H42F3N5O7/c1-37-9-7-23(46(37)36(49)50)16-44(18-37)34-27-13-28(40)31(26-12-24(53-20-51-2)11-21-5-3-6-25(30(21)26)29(48)17-47)32(41)33(27)42-35(43-34)52-19-38-8-4-10-45(38)15-22(39)14-38/h3,5-6,11-13,22-23,29,47-48H,4,7-10,14-20H2,1-2H3,(H,49,50)/t22-,23-,29?,37+,38+/m1/s1. The summed E-state index contributed by atoms with van der Waals surface area (Å²) in [7, 11) is 1.44. The number of ether oxygens (including phenoxy) is 3. The molecule has 8 rings (SSSR count). The second-order valence-electron chi connectivity index (χ2n) is 15.0. The van der Waals surface area contributed by atoms with E-state index in [0.717, 1.165) is 19.4 Å². The molecular formula is C38H42F3N5O7. The SMILES string of the molecule is COCOc1cc(-c2c(F)cc3c(N4C[C@H]5CC[C@@](C)(C4)N5C(=O)O)nc(OC[C@@]45CCCN4C[C@H](F)C5)nc3c2F)c2c(C(O)CO)cccc2c1. The predicted octanol–water partition coefficient (Wildman–Crippen LogP) is 5.41. The van der Waals surface area contributed by atoms with Gasteiger partial charge in [-0.05, 0) is 79.3 Å². The van der Waals surface area contributed by atoms with E-state index < -0.39 is 53.3 Å². The van der Waals surface area contributed by atoms with Crippen molar-refractivity contribution in [3.63, 3.8) is 0 Å². The molecule has 3 N–H and O–H groups in total. The molecule has 0 spiro atoms. The third-order valence-electron chi connectivity index (χ3n) is 11.6. The number of piperazine rings is 1. The summed E-state index contributed by atoms with van der Waals surface area (Å²) in [5.41, 5.74) is -1.68. The molecule has 53 heavy (non-hydrogen) atoms. The van der Waals surface area contributed by atoms with Gasteiger partial charge in [0.2, 0.25) is 0 Å². The molecule has 4 aromatic rings. The van der Waals surface area contributed by atoms with Crippen molar-refractivity contribution >= 4 is 33.6 Å². The number of benzene rings is 3. The molecule has 1 amide bonds. The number of alkyl halides is 1. The lowest BCUT2D eigenvalue weighted by molar-refractivity contribution is 0.0512. The Morgan fingerprint density at radius 2 is 1.96 bits per heavy atom. The summed E-state index contributed by atoms with van der Waals surface area (Å²) >= 11 is 0. The van der Waals surface area contributed by atoms with Crippen LogP contribution in [0.15, 0.2) is 36.4 Å². The summed E-state index contributed by atoms with van der Waals surface area (Å²) in [6.45, 7) is 2.69. The van der Waals surface area contributed by atoms with Gasteiger partial charge in [0.25, 0.3) is 0 Å². The van der Waals surface area contributed by atoms with Crippen LogP contribution >= 0.6 is 0 Å². The fourth-order valence-electron chi connectivity index (χ4n) is 9.35. The van der Waals surface area contributed by atoms with E-state index in [-0.39, 0.29) is 72.1 Å². The van der Waals surface area contributed by atoms with Gasteiger partial charge in [0.05, 0.1) is 29.3 Å². The topological polar surface area (TPSA) is 141 Å². The third-order valence-corrected chi connectivity index (χ3v) is 11.6. The number of carboxylic acid groups (broad SMARTS) is 1. The number of rotatable bonds is 10. The van der Waals surface area contributed by atoms with E-state index in [1.165, 1.54) is 24.1 Å². The van der Waals surface area contributed by atoms with Gasteiger partial charge in [0, 0.05) is 38.6 Å². The average molecular weight is 738 g/mol. The largest absolute Gasteiger partial charge is 0.468 e. The van der Waals surface area contributed by atoms with Crippen molar-refractivity contribution in [1.82, 2.24) is 19.8 Å². The van der Waals surface area contributed by atoms with Crippen LogP contribution in [0.4, 0.5) is 23.8 Å². The third kappa shape index (κ3) is 5.97. The summed E-state index contributed by atoms with van der Waals surface area (Å²) in [6, 6.07) is 8.69. The smallest absolute Gasteiger partial charge is 0.408 e. The Labute approximate surface area is 303 Å².